The fourth-order valence-electron chi connectivity index (χ4n) is 2.23. The predicted molar refractivity (Wildman–Crippen MR) is 72.1 cm³/mol. The van der Waals surface area contributed by atoms with E-state index < -0.39 is 17.5 Å². The number of hydrogen-bond donors (Lipinski definition) is 2. The van der Waals surface area contributed by atoms with Crippen molar-refractivity contribution in [3.05, 3.63) is 35.4 Å². The number of oxime groups is 1. The number of piperazine rings is 1. The molecule has 0 atom stereocenters. The molecular formula is C13H16F2N4O2. The maximum Gasteiger partial charge on any atom is 0.254 e. The fourth-order valence-corrected chi connectivity index (χ4v) is 2.23. The minimum atomic E-state index is -0.774. The Bertz CT molecular complexity index is 537. The summed E-state index contributed by atoms with van der Waals surface area (Å²) in [5.41, 5.74) is 5.41. The number of amidine groups is 1. The first-order valence-electron chi connectivity index (χ1n) is 6.43. The molecule has 3 N–H and O–H groups in total. The second-order valence-electron chi connectivity index (χ2n) is 4.82. The molecule has 0 unspecified atom stereocenters. The van der Waals surface area contributed by atoms with Gasteiger partial charge in [-0.3, -0.25) is 9.69 Å². The summed E-state index contributed by atoms with van der Waals surface area (Å²) in [6.07, 6.45) is 0. The monoisotopic (exact) mass is 298 g/mol. The van der Waals surface area contributed by atoms with Crippen LogP contribution in [0.4, 0.5) is 8.78 Å². The number of nitrogens with zero attached hydrogens (tertiary/aromatic N) is 3. The summed E-state index contributed by atoms with van der Waals surface area (Å²) < 4.78 is 26.3. The van der Waals surface area contributed by atoms with E-state index in [2.05, 4.69) is 5.16 Å². The lowest BCUT2D eigenvalue weighted by atomic mass is 10.1. The zero-order chi connectivity index (χ0) is 15.4. The number of hydrogen-bond acceptors (Lipinski definition) is 4. The van der Waals surface area contributed by atoms with Gasteiger partial charge in [-0.25, -0.2) is 8.78 Å². The molecule has 1 aliphatic heterocycles. The summed E-state index contributed by atoms with van der Waals surface area (Å²) in [6.45, 7) is 2.22. The second kappa shape index (κ2) is 6.49. The molecule has 0 aliphatic carbocycles. The molecule has 1 fully saturated rings. The van der Waals surface area contributed by atoms with Gasteiger partial charge in [-0.05, 0) is 12.1 Å². The average Bonchev–Trinajstić information content (AvgIpc) is 2.46. The van der Waals surface area contributed by atoms with Gasteiger partial charge < -0.3 is 15.8 Å². The van der Waals surface area contributed by atoms with Gasteiger partial charge in [-0.1, -0.05) is 5.16 Å². The number of carbonyl (C=O) groups excluding carboxylic acids is 1. The molecule has 1 heterocycles. The van der Waals surface area contributed by atoms with E-state index in [1.807, 2.05) is 4.90 Å². The number of amides is 1. The number of benzene rings is 1. The van der Waals surface area contributed by atoms with Crippen LogP contribution in [0, 0.1) is 11.6 Å². The molecule has 1 aromatic rings. The molecule has 6 nitrogen and oxygen atoms in total. The summed E-state index contributed by atoms with van der Waals surface area (Å²) in [5, 5.41) is 11.4. The van der Waals surface area contributed by atoms with Crippen LogP contribution >= 0.6 is 0 Å². The van der Waals surface area contributed by atoms with Crippen molar-refractivity contribution in [2.75, 3.05) is 32.7 Å². The highest BCUT2D eigenvalue weighted by Gasteiger charge is 2.23. The molecule has 0 bridgehead atoms. The predicted octanol–water partition coefficient (Wildman–Crippen LogP) is 0.469. The molecule has 1 saturated heterocycles. The van der Waals surface area contributed by atoms with E-state index in [9.17, 15) is 13.6 Å². The molecule has 1 aromatic carbocycles. The molecule has 0 radical (unpaired) electrons. The van der Waals surface area contributed by atoms with E-state index in [4.69, 9.17) is 10.9 Å². The Morgan fingerprint density at radius 3 is 2.29 bits per heavy atom. The third-order valence-electron chi connectivity index (χ3n) is 3.28. The fraction of sp³-hybridized carbons (Fsp3) is 0.385. The van der Waals surface area contributed by atoms with Gasteiger partial charge in [0.2, 0.25) is 0 Å². The Morgan fingerprint density at radius 1 is 1.19 bits per heavy atom. The lowest BCUT2D eigenvalue weighted by molar-refractivity contribution is 0.0652. The van der Waals surface area contributed by atoms with Gasteiger partial charge in [0.25, 0.3) is 5.91 Å². The van der Waals surface area contributed by atoms with E-state index in [0.717, 1.165) is 18.2 Å². The van der Waals surface area contributed by atoms with Crippen LogP contribution in [0.3, 0.4) is 0 Å². The standard InChI is InChI=1S/C13H16F2N4O2/c14-10-5-9(6-11(15)7-10)13(20)19-3-1-18(2-4-19)8-12(16)17-21/h5-7,21H,1-4,8H2,(H2,16,17). The Kier molecular flexibility index (Phi) is 4.69. The summed E-state index contributed by atoms with van der Waals surface area (Å²) in [4.78, 5) is 15.6. The van der Waals surface area contributed by atoms with Crippen molar-refractivity contribution >= 4 is 11.7 Å². The first kappa shape index (κ1) is 15.2. The zero-order valence-corrected chi connectivity index (χ0v) is 11.3. The number of carbonyl (C=O) groups is 1. The minimum Gasteiger partial charge on any atom is -0.409 e. The molecule has 1 aliphatic rings. The molecule has 8 heteroatoms. The van der Waals surface area contributed by atoms with Crippen LogP contribution in [0.5, 0.6) is 0 Å². The molecule has 21 heavy (non-hydrogen) atoms. The van der Waals surface area contributed by atoms with Gasteiger partial charge in [0.1, 0.15) is 11.6 Å². The van der Waals surface area contributed by atoms with Crippen molar-refractivity contribution in [2.45, 2.75) is 0 Å². The highest BCUT2D eigenvalue weighted by atomic mass is 19.1. The Labute approximate surface area is 120 Å². The summed E-state index contributed by atoms with van der Waals surface area (Å²) in [6, 6.07) is 2.77. The molecule has 0 saturated carbocycles. The van der Waals surface area contributed by atoms with Crippen molar-refractivity contribution < 1.29 is 18.8 Å². The Morgan fingerprint density at radius 2 is 1.76 bits per heavy atom. The van der Waals surface area contributed by atoms with Gasteiger partial charge in [0, 0.05) is 37.8 Å². The van der Waals surface area contributed by atoms with Crippen LogP contribution in [-0.4, -0.2) is 59.5 Å². The molecule has 0 spiro atoms. The summed E-state index contributed by atoms with van der Waals surface area (Å²) in [5.74, 6) is -1.85. The molecule has 2 rings (SSSR count). The Hall–Kier alpha value is -2.22. The molecule has 0 aromatic heterocycles. The van der Waals surface area contributed by atoms with Crippen LogP contribution in [0.2, 0.25) is 0 Å². The lowest BCUT2D eigenvalue weighted by Crippen LogP contribution is -2.50. The SMILES string of the molecule is NC(CN1CCN(C(=O)c2cc(F)cc(F)c2)CC1)=NO. The van der Waals surface area contributed by atoms with E-state index >= 15 is 0 Å². The van der Waals surface area contributed by atoms with Gasteiger partial charge in [0.05, 0.1) is 6.54 Å². The summed E-state index contributed by atoms with van der Waals surface area (Å²) >= 11 is 0. The average molecular weight is 298 g/mol. The van der Waals surface area contributed by atoms with Crippen molar-refractivity contribution in [1.82, 2.24) is 9.80 Å². The number of halogens is 2. The summed E-state index contributed by atoms with van der Waals surface area (Å²) in [7, 11) is 0. The normalized spacial score (nSPS) is 17.0. The maximum atomic E-state index is 13.1. The highest BCUT2D eigenvalue weighted by molar-refractivity contribution is 5.94. The number of rotatable bonds is 3. The van der Waals surface area contributed by atoms with E-state index in [-0.39, 0.29) is 11.4 Å². The van der Waals surface area contributed by atoms with Crippen LogP contribution in [0.1, 0.15) is 10.4 Å². The first-order chi connectivity index (χ1) is 9.99. The van der Waals surface area contributed by atoms with Gasteiger partial charge in [0.15, 0.2) is 5.84 Å². The minimum absolute atomic E-state index is 0.00242. The van der Waals surface area contributed by atoms with Crippen molar-refractivity contribution in [3.8, 4) is 0 Å². The molecular weight excluding hydrogens is 282 g/mol. The zero-order valence-electron chi connectivity index (χ0n) is 11.3. The van der Waals surface area contributed by atoms with E-state index in [1.165, 1.54) is 4.90 Å². The van der Waals surface area contributed by atoms with Crippen LogP contribution in [-0.2, 0) is 0 Å². The van der Waals surface area contributed by atoms with Crippen molar-refractivity contribution in [2.24, 2.45) is 10.9 Å². The topological polar surface area (TPSA) is 82.2 Å². The van der Waals surface area contributed by atoms with Crippen LogP contribution in [0.15, 0.2) is 23.4 Å². The highest BCUT2D eigenvalue weighted by Crippen LogP contribution is 2.12. The third kappa shape index (κ3) is 3.88. The second-order valence-corrected chi connectivity index (χ2v) is 4.82. The van der Waals surface area contributed by atoms with Crippen LogP contribution < -0.4 is 5.73 Å². The maximum absolute atomic E-state index is 13.1. The third-order valence-corrected chi connectivity index (χ3v) is 3.28. The van der Waals surface area contributed by atoms with Gasteiger partial charge in [-0.2, -0.15) is 0 Å². The van der Waals surface area contributed by atoms with Crippen molar-refractivity contribution in [3.63, 3.8) is 0 Å². The van der Waals surface area contributed by atoms with E-state index in [0.29, 0.717) is 32.7 Å². The first-order valence-corrected chi connectivity index (χ1v) is 6.43. The quantitative estimate of drug-likeness (QED) is 0.368. The smallest absolute Gasteiger partial charge is 0.254 e. The molecule has 114 valence electrons. The van der Waals surface area contributed by atoms with Crippen LogP contribution in [0.25, 0.3) is 0 Å². The Balaban J connectivity index is 1.97. The molecule has 1 amide bonds. The largest absolute Gasteiger partial charge is 0.409 e. The lowest BCUT2D eigenvalue weighted by Gasteiger charge is -2.34. The van der Waals surface area contributed by atoms with Gasteiger partial charge >= 0.3 is 0 Å². The van der Waals surface area contributed by atoms with Crippen molar-refractivity contribution in [1.29, 1.82) is 0 Å². The van der Waals surface area contributed by atoms with E-state index in [1.54, 1.807) is 0 Å². The van der Waals surface area contributed by atoms with Gasteiger partial charge in [-0.15, -0.1) is 0 Å². The number of nitrogens with two attached hydrogens (primary N) is 1.